The Labute approximate surface area is 169 Å². The van der Waals surface area contributed by atoms with Gasteiger partial charge in [0, 0.05) is 12.4 Å². The molecule has 0 N–H and O–H groups in total. The van der Waals surface area contributed by atoms with Crippen molar-refractivity contribution in [3.8, 4) is 27.1 Å². The summed E-state index contributed by atoms with van der Waals surface area (Å²) >= 11 is 2.84. The third-order valence-corrected chi connectivity index (χ3v) is 6.71. The van der Waals surface area contributed by atoms with E-state index in [-0.39, 0.29) is 5.97 Å². The molecule has 0 spiro atoms. The van der Waals surface area contributed by atoms with E-state index in [2.05, 4.69) is 22.1 Å². The summed E-state index contributed by atoms with van der Waals surface area (Å²) in [7, 11) is 0. The summed E-state index contributed by atoms with van der Waals surface area (Å²) in [5.74, 6) is -0.345. The van der Waals surface area contributed by atoms with Crippen LogP contribution in [0, 0.1) is 18.3 Å². The fraction of sp³-hybridized carbons (Fsp3) is 0.143. The van der Waals surface area contributed by atoms with Gasteiger partial charge in [0.2, 0.25) is 0 Å². The Balaban J connectivity index is 1.81. The van der Waals surface area contributed by atoms with Gasteiger partial charge in [-0.05, 0) is 60.7 Å². The van der Waals surface area contributed by atoms with Crippen LogP contribution in [-0.4, -0.2) is 22.5 Å². The number of thiophene rings is 1. The molecule has 0 saturated heterocycles. The fourth-order valence-corrected chi connectivity index (χ4v) is 5.05. The Bertz CT molecular complexity index is 1220. The molecule has 5 nitrogen and oxygen atoms in total. The fourth-order valence-electron chi connectivity index (χ4n) is 2.94. The molecule has 0 unspecified atom stereocenters. The number of carbonyl (C=O) groups is 1. The number of carbonyl (C=O) groups excluding carboxylic acids is 1. The van der Waals surface area contributed by atoms with E-state index in [4.69, 9.17) is 4.74 Å². The summed E-state index contributed by atoms with van der Waals surface area (Å²) in [6.45, 7) is 3.92. The van der Waals surface area contributed by atoms with Gasteiger partial charge in [-0.25, -0.2) is 9.78 Å². The minimum atomic E-state index is -0.345. The number of aromatic nitrogens is 2. The second-order valence-electron chi connectivity index (χ2n) is 6.05. The largest absolute Gasteiger partial charge is 0.462 e. The van der Waals surface area contributed by atoms with Crippen LogP contribution < -0.4 is 0 Å². The average molecular weight is 406 g/mol. The van der Waals surface area contributed by atoms with Gasteiger partial charge >= 0.3 is 5.97 Å². The van der Waals surface area contributed by atoms with Gasteiger partial charge < -0.3 is 4.74 Å². The lowest BCUT2D eigenvalue weighted by molar-refractivity contribution is 0.0531. The predicted octanol–water partition coefficient (Wildman–Crippen LogP) is 5.44. The number of pyridine rings is 1. The number of fused-ring (bicyclic) bond motifs is 1. The van der Waals surface area contributed by atoms with Gasteiger partial charge in [0.1, 0.15) is 16.0 Å². The van der Waals surface area contributed by atoms with Crippen LogP contribution in [0.25, 0.3) is 31.1 Å². The average Bonchev–Trinajstić information content (AvgIpc) is 3.31. The summed E-state index contributed by atoms with van der Waals surface area (Å²) in [6.07, 6.45) is 3.47. The minimum absolute atomic E-state index is 0.331. The SMILES string of the molecule is CCOC(=O)c1sc(-c2cc3cc(-c4ccncc4)cc(C#N)c3s2)nc1C. The first kappa shape index (κ1) is 18.3. The van der Waals surface area contributed by atoms with Crippen LogP contribution in [0.5, 0.6) is 0 Å². The lowest BCUT2D eigenvalue weighted by Crippen LogP contribution is -2.03. The first-order chi connectivity index (χ1) is 13.6. The van der Waals surface area contributed by atoms with Crippen LogP contribution in [0.1, 0.15) is 27.9 Å². The summed E-state index contributed by atoms with van der Waals surface area (Å²) in [5.41, 5.74) is 3.27. The summed E-state index contributed by atoms with van der Waals surface area (Å²) in [4.78, 5) is 22.1. The quantitative estimate of drug-likeness (QED) is 0.422. The Morgan fingerprint density at radius 1 is 1.18 bits per heavy atom. The Morgan fingerprint density at radius 2 is 1.96 bits per heavy atom. The first-order valence-electron chi connectivity index (χ1n) is 8.63. The molecule has 0 aliphatic rings. The molecule has 0 amide bonds. The summed E-state index contributed by atoms with van der Waals surface area (Å²) in [5, 5.41) is 11.4. The van der Waals surface area contributed by atoms with Crippen molar-refractivity contribution in [1.29, 1.82) is 5.26 Å². The number of esters is 1. The van der Waals surface area contributed by atoms with Crippen LogP contribution in [0.3, 0.4) is 0 Å². The number of thiazole rings is 1. The molecule has 0 aliphatic heterocycles. The highest BCUT2D eigenvalue weighted by molar-refractivity contribution is 7.26. The zero-order chi connectivity index (χ0) is 19.7. The van der Waals surface area contributed by atoms with Crippen LogP contribution in [-0.2, 0) is 4.74 Å². The van der Waals surface area contributed by atoms with Crippen LogP contribution in [0.2, 0.25) is 0 Å². The number of benzene rings is 1. The van der Waals surface area contributed by atoms with Gasteiger partial charge in [-0.3, -0.25) is 4.98 Å². The molecule has 0 radical (unpaired) electrons. The van der Waals surface area contributed by atoms with Crippen molar-refractivity contribution in [2.75, 3.05) is 6.61 Å². The lowest BCUT2D eigenvalue weighted by Gasteiger charge is -2.02. The molecular weight excluding hydrogens is 390 g/mol. The second kappa shape index (κ2) is 7.50. The molecule has 7 heteroatoms. The molecule has 0 saturated carbocycles. The van der Waals surface area contributed by atoms with Crippen LogP contribution in [0.4, 0.5) is 0 Å². The molecule has 28 heavy (non-hydrogen) atoms. The lowest BCUT2D eigenvalue weighted by atomic mass is 10.0. The maximum absolute atomic E-state index is 12.1. The zero-order valence-corrected chi connectivity index (χ0v) is 16.9. The smallest absolute Gasteiger partial charge is 0.350 e. The highest BCUT2D eigenvalue weighted by Gasteiger charge is 2.19. The van der Waals surface area contributed by atoms with E-state index in [1.54, 1.807) is 19.3 Å². The predicted molar refractivity (Wildman–Crippen MR) is 112 cm³/mol. The Hall–Kier alpha value is -3.08. The van der Waals surface area contributed by atoms with Gasteiger partial charge in [0.15, 0.2) is 0 Å². The van der Waals surface area contributed by atoms with E-state index in [0.29, 0.717) is 22.7 Å². The normalized spacial score (nSPS) is 10.8. The van der Waals surface area contributed by atoms with Gasteiger partial charge in [0.25, 0.3) is 0 Å². The maximum atomic E-state index is 12.1. The number of hydrogen-bond donors (Lipinski definition) is 0. The standard InChI is InChI=1S/C21H15N3O2S2/c1-3-26-21(25)18-12(2)24-20(28-18)17-10-15-8-14(13-4-6-23-7-5-13)9-16(11-22)19(15)27-17/h4-10H,3H2,1-2H3. The van der Waals surface area contributed by atoms with E-state index >= 15 is 0 Å². The van der Waals surface area contributed by atoms with Crippen molar-refractivity contribution in [3.05, 3.63) is 58.9 Å². The van der Waals surface area contributed by atoms with E-state index in [1.165, 1.54) is 22.7 Å². The molecular formula is C21H15N3O2S2. The van der Waals surface area contributed by atoms with Crippen molar-refractivity contribution in [1.82, 2.24) is 9.97 Å². The van der Waals surface area contributed by atoms with Crippen molar-refractivity contribution >= 4 is 38.7 Å². The number of hydrogen-bond acceptors (Lipinski definition) is 7. The van der Waals surface area contributed by atoms with Crippen molar-refractivity contribution in [2.24, 2.45) is 0 Å². The number of nitriles is 1. The van der Waals surface area contributed by atoms with Crippen molar-refractivity contribution in [3.63, 3.8) is 0 Å². The second-order valence-corrected chi connectivity index (χ2v) is 8.11. The van der Waals surface area contributed by atoms with Gasteiger partial charge in [0.05, 0.1) is 27.4 Å². The number of ether oxygens (including phenoxy) is 1. The molecule has 0 bridgehead atoms. The number of rotatable bonds is 4. The van der Waals surface area contributed by atoms with Crippen LogP contribution in [0.15, 0.2) is 42.7 Å². The minimum Gasteiger partial charge on any atom is -0.462 e. The Morgan fingerprint density at radius 3 is 2.68 bits per heavy atom. The zero-order valence-electron chi connectivity index (χ0n) is 15.2. The molecule has 138 valence electrons. The molecule has 3 aromatic heterocycles. The molecule has 0 atom stereocenters. The monoisotopic (exact) mass is 405 g/mol. The van der Waals surface area contributed by atoms with E-state index in [0.717, 1.165) is 31.1 Å². The summed E-state index contributed by atoms with van der Waals surface area (Å²) in [6, 6.07) is 12.1. The molecule has 4 aromatic rings. The van der Waals surface area contributed by atoms with Crippen molar-refractivity contribution < 1.29 is 9.53 Å². The van der Waals surface area contributed by atoms with E-state index < -0.39 is 0 Å². The Kier molecular flexibility index (Phi) is 4.90. The van der Waals surface area contributed by atoms with Gasteiger partial charge in [-0.2, -0.15) is 5.26 Å². The van der Waals surface area contributed by atoms with Crippen molar-refractivity contribution in [2.45, 2.75) is 13.8 Å². The highest BCUT2D eigenvalue weighted by Crippen LogP contribution is 2.40. The molecule has 4 rings (SSSR count). The molecule has 0 aliphatic carbocycles. The van der Waals surface area contributed by atoms with Gasteiger partial charge in [-0.1, -0.05) is 0 Å². The highest BCUT2D eigenvalue weighted by atomic mass is 32.1. The molecule has 3 heterocycles. The van der Waals surface area contributed by atoms with E-state index in [9.17, 15) is 10.1 Å². The number of aryl methyl sites for hydroxylation is 1. The topological polar surface area (TPSA) is 75.9 Å². The first-order valence-corrected chi connectivity index (χ1v) is 10.3. The van der Waals surface area contributed by atoms with Crippen LogP contribution >= 0.6 is 22.7 Å². The summed E-state index contributed by atoms with van der Waals surface area (Å²) < 4.78 is 6.02. The molecule has 0 fully saturated rings. The third-order valence-electron chi connectivity index (χ3n) is 4.22. The number of nitrogens with zero attached hydrogens (tertiary/aromatic N) is 3. The third kappa shape index (κ3) is 3.28. The van der Waals surface area contributed by atoms with Gasteiger partial charge in [-0.15, -0.1) is 22.7 Å². The maximum Gasteiger partial charge on any atom is 0.350 e. The molecule has 1 aromatic carbocycles. The van der Waals surface area contributed by atoms with E-state index in [1.807, 2.05) is 31.2 Å².